The Morgan fingerprint density at radius 2 is 2.17 bits per heavy atom. The van der Waals surface area contributed by atoms with Crippen LogP contribution in [0.5, 0.6) is 0 Å². The van der Waals surface area contributed by atoms with Gasteiger partial charge in [0.2, 0.25) is 0 Å². The van der Waals surface area contributed by atoms with Crippen LogP contribution in [0.2, 0.25) is 5.15 Å². The Morgan fingerprint density at radius 3 is 2.94 bits per heavy atom. The van der Waals surface area contributed by atoms with E-state index < -0.39 is 0 Å². The van der Waals surface area contributed by atoms with Crippen molar-refractivity contribution in [1.29, 1.82) is 0 Å². The first-order valence-electron chi connectivity index (χ1n) is 5.15. The molecule has 3 heterocycles. The van der Waals surface area contributed by atoms with E-state index in [1.807, 2.05) is 5.38 Å². The minimum Gasteiger partial charge on any atom is -0.293 e. The molecule has 0 saturated heterocycles. The molecule has 5 nitrogen and oxygen atoms in total. The molecule has 3 aromatic rings. The molecular weight excluding hydrogens is 272 g/mol. The molecule has 0 aliphatic rings. The highest BCUT2D eigenvalue weighted by Crippen LogP contribution is 2.13. The molecular formula is C11H7ClN4OS. The zero-order valence-corrected chi connectivity index (χ0v) is 10.6. The lowest BCUT2D eigenvalue weighted by Gasteiger charge is -2.03. The SMILES string of the molecule is O=c1c2ccsc2ncn1Cc1ccc(Cl)nn1. The van der Waals surface area contributed by atoms with E-state index in [4.69, 9.17) is 11.6 Å². The van der Waals surface area contributed by atoms with Gasteiger partial charge in [0.25, 0.3) is 5.56 Å². The Balaban J connectivity index is 2.02. The molecule has 0 saturated carbocycles. The number of rotatable bonds is 2. The second kappa shape index (κ2) is 4.47. The van der Waals surface area contributed by atoms with Crippen molar-refractivity contribution >= 4 is 33.2 Å². The molecule has 7 heteroatoms. The van der Waals surface area contributed by atoms with Crippen LogP contribution in [0.4, 0.5) is 0 Å². The van der Waals surface area contributed by atoms with Gasteiger partial charge in [-0.2, -0.15) is 5.10 Å². The average molecular weight is 279 g/mol. The fraction of sp³-hybridized carbons (Fsp3) is 0.0909. The summed E-state index contributed by atoms with van der Waals surface area (Å²) in [6, 6.07) is 5.16. The third-order valence-electron chi connectivity index (χ3n) is 2.47. The van der Waals surface area contributed by atoms with E-state index in [0.717, 1.165) is 4.83 Å². The van der Waals surface area contributed by atoms with Crippen LogP contribution in [0.25, 0.3) is 10.2 Å². The van der Waals surface area contributed by atoms with Crippen molar-refractivity contribution in [3.8, 4) is 0 Å². The lowest BCUT2D eigenvalue weighted by atomic mass is 10.3. The molecule has 0 N–H and O–H groups in total. The molecule has 0 unspecified atom stereocenters. The molecule has 0 aliphatic carbocycles. The van der Waals surface area contributed by atoms with E-state index in [2.05, 4.69) is 15.2 Å². The Bertz CT molecular complexity index is 750. The summed E-state index contributed by atoms with van der Waals surface area (Å²) < 4.78 is 1.51. The molecule has 0 amide bonds. The lowest BCUT2D eigenvalue weighted by Crippen LogP contribution is -2.21. The maximum absolute atomic E-state index is 12.1. The van der Waals surface area contributed by atoms with Gasteiger partial charge >= 0.3 is 0 Å². The van der Waals surface area contributed by atoms with Gasteiger partial charge in [-0.1, -0.05) is 11.6 Å². The normalized spacial score (nSPS) is 10.9. The van der Waals surface area contributed by atoms with Crippen LogP contribution in [0, 0.1) is 0 Å². The molecule has 18 heavy (non-hydrogen) atoms. The van der Waals surface area contributed by atoms with Crippen LogP contribution >= 0.6 is 22.9 Å². The molecule has 0 radical (unpaired) electrons. The second-order valence-electron chi connectivity index (χ2n) is 3.66. The Morgan fingerprint density at radius 1 is 1.28 bits per heavy atom. The van der Waals surface area contributed by atoms with Crippen molar-refractivity contribution in [2.75, 3.05) is 0 Å². The molecule has 90 valence electrons. The van der Waals surface area contributed by atoms with Gasteiger partial charge in [0.1, 0.15) is 4.83 Å². The van der Waals surface area contributed by atoms with E-state index in [1.54, 1.807) is 18.2 Å². The van der Waals surface area contributed by atoms with Crippen molar-refractivity contribution in [3.63, 3.8) is 0 Å². The predicted octanol–water partition coefficient (Wildman–Crippen LogP) is 1.95. The summed E-state index contributed by atoms with van der Waals surface area (Å²) in [6.07, 6.45) is 1.53. The van der Waals surface area contributed by atoms with Crippen LogP contribution in [0.3, 0.4) is 0 Å². The number of halogens is 1. The first-order valence-corrected chi connectivity index (χ1v) is 6.40. The summed E-state index contributed by atoms with van der Waals surface area (Å²) >= 11 is 7.10. The minimum absolute atomic E-state index is 0.0713. The fourth-order valence-electron chi connectivity index (χ4n) is 1.61. The first kappa shape index (κ1) is 11.3. The predicted molar refractivity (Wildman–Crippen MR) is 70.0 cm³/mol. The van der Waals surface area contributed by atoms with Crippen LogP contribution in [0.1, 0.15) is 5.69 Å². The van der Waals surface area contributed by atoms with E-state index in [-0.39, 0.29) is 5.56 Å². The van der Waals surface area contributed by atoms with Gasteiger partial charge in [0.15, 0.2) is 5.15 Å². The topological polar surface area (TPSA) is 60.7 Å². The van der Waals surface area contributed by atoms with Gasteiger partial charge < -0.3 is 0 Å². The van der Waals surface area contributed by atoms with E-state index in [9.17, 15) is 4.79 Å². The second-order valence-corrected chi connectivity index (χ2v) is 4.95. The third-order valence-corrected chi connectivity index (χ3v) is 3.49. The summed E-state index contributed by atoms with van der Waals surface area (Å²) in [7, 11) is 0. The lowest BCUT2D eigenvalue weighted by molar-refractivity contribution is 0.716. The summed E-state index contributed by atoms with van der Waals surface area (Å²) in [5.74, 6) is 0. The van der Waals surface area contributed by atoms with Gasteiger partial charge in [-0.15, -0.1) is 16.4 Å². The van der Waals surface area contributed by atoms with E-state index in [0.29, 0.717) is 22.8 Å². The first-order chi connectivity index (χ1) is 8.74. The largest absolute Gasteiger partial charge is 0.293 e. The zero-order chi connectivity index (χ0) is 12.5. The molecule has 0 fully saturated rings. The number of aromatic nitrogens is 4. The number of thiophene rings is 1. The van der Waals surface area contributed by atoms with Gasteiger partial charge in [-0.3, -0.25) is 9.36 Å². The summed E-state index contributed by atoms with van der Waals surface area (Å²) in [6.45, 7) is 0.335. The minimum atomic E-state index is -0.0713. The van der Waals surface area contributed by atoms with E-state index >= 15 is 0 Å². The summed E-state index contributed by atoms with van der Waals surface area (Å²) in [5, 5.41) is 10.5. The van der Waals surface area contributed by atoms with Crippen LogP contribution < -0.4 is 5.56 Å². The van der Waals surface area contributed by atoms with Gasteiger partial charge in [-0.05, 0) is 23.6 Å². The number of fused-ring (bicyclic) bond motifs is 1. The van der Waals surface area contributed by atoms with Crippen LogP contribution in [0.15, 0.2) is 34.7 Å². The smallest absolute Gasteiger partial charge is 0.262 e. The summed E-state index contributed by atoms with van der Waals surface area (Å²) in [5.41, 5.74) is 0.593. The highest BCUT2D eigenvalue weighted by molar-refractivity contribution is 7.16. The monoisotopic (exact) mass is 278 g/mol. The van der Waals surface area contributed by atoms with Crippen LogP contribution in [-0.4, -0.2) is 19.7 Å². The molecule has 3 aromatic heterocycles. The highest BCUT2D eigenvalue weighted by Gasteiger charge is 2.06. The fourth-order valence-corrected chi connectivity index (χ4v) is 2.43. The number of hydrogen-bond acceptors (Lipinski definition) is 5. The number of nitrogens with zero attached hydrogens (tertiary/aromatic N) is 4. The molecule has 3 rings (SSSR count). The summed E-state index contributed by atoms with van der Waals surface area (Å²) in [4.78, 5) is 17.1. The molecule has 0 aliphatic heterocycles. The van der Waals surface area contributed by atoms with Crippen molar-refractivity contribution in [2.45, 2.75) is 6.54 Å². The Labute approximate surface area is 111 Å². The van der Waals surface area contributed by atoms with Gasteiger partial charge in [0, 0.05) is 0 Å². The molecule has 0 atom stereocenters. The maximum atomic E-state index is 12.1. The van der Waals surface area contributed by atoms with Crippen LogP contribution in [-0.2, 0) is 6.54 Å². The number of hydrogen-bond donors (Lipinski definition) is 0. The highest BCUT2D eigenvalue weighted by atomic mass is 35.5. The quantitative estimate of drug-likeness (QED) is 0.719. The zero-order valence-electron chi connectivity index (χ0n) is 9.08. The third kappa shape index (κ3) is 2.00. The Hall–Kier alpha value is -1.79. The standard InChI is InChI=1S/C11H7ClN4OS/c12-9-2-1-7(14-15-9)5-16-6-13-10-8(11(16)17)3-4-18-10/h1-4,6H,5H2. The molecule has 0 aromatic carbocycles. The maximum Gasteiger partial charge on any atom is 0.262 e. The van der Waals surface area contributed by atoms with Crippen molar-refractivity contribution < 1.29 is 0 Å². The average Bonchev–Trinajstić information content (AvgIpc) is 2.84. The molecule has 0 spiro atoms. The van der Waals surface area contributed by atoms with Crippen molar-refractivity contribution in [3.05, 3.63) is 51.1 Å². The Kier molecular flexibility index (Phi) is 2.81. The molecule has 0 bridgehead atoms. The van der Waals surface area contributed by atoms with Gasteiger partial charge in [-0.25, -0.2) is 4.98 Å². The van der Waals surface area contributed by atoms with Crippen molar-refractivity contribution in [1.82, 2.24) is 19.7 Å². The van der Waals surface area contributed by atoms with Gasteiger partial charge in [0.05, 0.1) is 24.0 Å². The van der Waals surface area contributed by atoms with Crippen molar-refractivity contribution in [2.24, 2.45) is 0 Å². The van der Waals surface area contributed by atoms with E-state index in [1.165, 1.54) is 22.2 Å².